The summed E-state index contributed by atoms with van der Waals surface area (Å²) in [6.45, 7) is 0. The van der Waals surface area contributed by atoms with Gasteiger partial charge in [0.2, 0.25) is 0 Å². The lowest BCUT2D eigenvalue weighted by atomic mass is 9.51. The van der Waals surface area contributed by atoms with Crippen molar-refractivity contribution < 1.29 is 0 Å². The topological polar surface area (TPSA) is 6.48 Å². The van der Waals surface area contributed by atoms with Gasteiger partial charge in [-0.1, -0.05) is 200 Å². The molecule has 0 amide bonds. The van der Waals surface area contributed by atoms with Crippen molar-refractivity contribution in [3.8, 4) is 11.1 Å². The summed E-state index contributed by atoms with van der Waals surface area (Å²) in [6.07, 6.45) is 0. The Hall–Kier alpha value is -8.76. The van der Waals surface area contributed by atoms with Gasteiger partial charge in [0.05, 0.1) is 10.8 Å². The lowest BCUT2D eigenvalue weighted by Gasteiger charge is -2.50. The second kappa shape index (κ2) is 16.4. The minimum absolute atomic E-state index is 0.572. The molecule has 334 valence electrons. The second-order valence-corrected chi connectivity index (χ2v) is 19.8. The number of hydrogen-bond acceptors (Lipinski definition) is 3. The fourth-order valence-electron chi connectivity index (χ4n) is 12.4. The monoisotopic (exact) mass is 922 g/mol. The first-order valence-corrected chi connectivity index (χ1v) is 25.3. The number of fused-ring (bicyclic) bond motifs is 12. The molecule has 0 bridgehead atoms. The van der Waals surface area contributed by atoms with Gasteiger partial charge in [0.25, 0.3) is 0 Å². The maximum absolute atomic E-state index is 2.52. The molecule has 2 nitrogen and oxygen atoms in total. The molecular weight excluding hydrogens is 877 g/mol. The highest BCUT2D eigenvalue weighted by molar-refractivity contribution is 7.25. The third-order valence-corrected chi connectivity index (χ3v) is 16.3. The molecule has 3 heteroatoms. The zero-order valence-corrected chi connectivity index (χ0v) is 39.7. The van der Waals surface area contributed by atoms with E-state index in [1.807, 2.05) is 11.3 Å². The van der Waals surface area contributed by atoms with E-state index < -0.39 is 10.8 Å². The highest BCUT2D eigenvalue weighted by Crippen LogP contribution is 2.65. The molecule has 0 fully saturated rings. The van der Waals surface area contributed by atoms with E-state index in [-0.39, 0.29) is 0 Å². The van der Waals surface area contributed by atoms with Gasteiger partial charge in [0, 0.05) is 54.3 Å². The Balaban J connectivity index is 1.02. The average Bonchev–Trinajstić information content (AvgIpc) is 3.96. The van der Waals surface area contributed by atoms with E-state index in [1.165, 1.54) is 75.8 Å². The Morgan fingerprint density at radius 1 is 0.239 bits per heavy atom. The van der Waals surface area contributed by atoms with E-state index in [9.17, 15) is 0 Å². The van der Waals surface area contributed by atoms with Crippen molar-refractivity contribution in [1.29, 1.82) is 0 Å². The van der Waals surface area contributed by atoms with Crippen LogP contribution in [0.1, 0.15) is 44.5 Å². The van der Waals surface area contributed by atoms with Crippen LogP contribution in [0.4, 0.5) is 34.1 Å². The van der Waals surface area contributed by atoms with Crippen LogP contribution in [0.5, 0.6) is 0 Å². The molecule has 1 aromatic heterocycles. The number of thiophene rings is 1. The summed E-state index contributed by atoms with van der Waals surface area (Å²) in [4.78, 5) is 4.80. The van der Waals surface area contributed by atoms with Crippen LogP contribution in [0.2, 0.25) is 0 Å². The van der Waals surface area contributed by atoms with Gasteiger partial charge in [0.1, 0.15) is 0 Å². The van der Waals surface area contributed by atoms with Crippen LogP contribution < -0.4 is 9.80 Å². The molecule has 12 aromatic rings. The van der Waals surface area contributed by atoms with Crippen LogP contribution in [0, 0.1) is 0 Å². The van der Waals surface area contributed by atoms with E-state index in [4.69, 9.17) is 0 Å². The van der Waals surface area contributed by atoms with Gasteiger partial charge in [-0.2, -0.15) is 0 Å². The molecule has 0 atom stereocenters. The summed E-state index contributed by atoms with van der Waals surface area (Å²) < 4.78 is 2.56. The van der Waals surface area contributed by atoms with Crippen LogP contribution in [0.3, 0.4) is 0 Å². The highest BCUT2D eigenvalue weighted by atomic mass is 32.1. The molecule has 1 spiro atoms. The van der Waals surface area contributed by atoms with E-state index in [0.29, 0.717) is 0 Å². The predicted octanol–water partition coefficient (Wildman–Crippen LogP) is 18.1. The van der Waals surface area contributed by atoms with Gasteiger partial charge in [-0.05, 0) is 134 Å². The zero-order valence-electron chi connectivity index (χ0n) is 38.9. The summed E-state index contributed by atoms with van der Waals surface area (Å²) >= 11 is 1.86. The van der Waals surface area contributed by atoms with Crippen LogP contribution in [0.25, 0.3) is 31.3 Å². The van der Waals surface area contributed by atoms with Crippen molar-refractivity contribution in [3.05, 3.63) is 324 Å². The molecule has 0 saturated carbocycles. The van der Waals surface area contributed by atoms with Crippen LogP contribution in [-0.2, 0) is 10.8 Å². The number of benzene rings is 11. The fourth-order valence-corrected chi connectivity index (χ4v) is 13.5. The predicted molar refractivity (Wildman–Crippen MR) is 298 cm³/mol. The molecule has 2 aliphatic rings. The number of rotatable bonds is 8. The molecule has 11 aromatic carbocycles. The van der Waals surface area contributed by atoms with Crippen LogP contribution in [-0.4, -0.2) is 0 Å². The Morgan fingerprint density at radius 2 is 0.620 bits per heavy atom. The second-order valence-electron chi connectivity index (χ2n) is 18.7. The van der Waals surface area contributed by atoms with Gasteiger partial charge in [-0.25, -0.2) is 0 Å². The van der Waals surface area contributed by atoms with E-state index in [1.54, 1.807) is 0 Å². The van der Waals surface area contributed by atoms with Crippen molar-refractivity contribution in [2.45, 2.75) is 10.8 Å². The molecule has 2 aliphatic carbocycles. The largest absolute Gasteiger partial charge is 0.311 e. The summed E-state index contributed by atoms with van der Waals surface area (Å²) in [5.41, 5.74) is 18.3. The lowest BCUT2D eigenvalue weighted by molar-refractivity contribution is 0.623. The highest BCUT2D eigenvalue weighted by Gasteiger charge is 2.56. The lowest BCUT2D eigenvalue weighted by Crippen LogP contribution is -2.44. The van der Waals surface area contributed by atoms with E-state index in [2.05, 4.69) is 289 Å². The van der Waals surface area contributed by atoms with Crippen molar-refractivity contribution in [1.82, 2.24) is 0 Å². The maximum atomic E-state index is 2.52. The van der Waals surface area contributed by atoms with Crippen molar-refractivity contribution in [2.24, 2.45) is 0 Å². The fraction of sp³-hybridized carbons (Fsp3) is 0.0294. The SMILES string of the molecule is c1ccc(N(c2ccccc2)c2ccc(N(c3ccc4c(c3)C3(c5ccccc5-4)c4ccccc4C(c4ccccc4)(c4ccccc4)c4ccccc43)c3ccc4c(c3)sc3ccccc34)cc2)cc1. The molecule has 0 radical (unpaired) electrons. The molecule has 71 heavy (non-hydrogen) atoms. The molecule has 0 aliphatic heterocycles. The quantitative estimate of drug-likeness (QED) is 0.150. The first-order valence-electron chi connectivity index (χ1n) is 24.5. The minimum atomic E-state index is -0.626. The first-order chi connectivity index (χ1) is 35.2. The third-order valence-electron chi connectivity index (χ3n) is 15.2. The smallest absolute Gasteiger partial charge is 0.0720 e. The number of para-hydroxylation sites is 2. The van der Waals surface area contributed by atoms with Gasteiger partial charge in [-0.3, -0.25) is 0 Å². The van der Waals surface area contributed by atoms with Crippen molar-refractivity contribution in [2.75, 3.05) is 9.80 Å². The molecular formula is C68H46N2S. The molecule has 0 unspecified atom stereocenters. The van der Waals surface area contributed by atoms with Gasteiger partial charge >= 0.3 is 0 Å². The normalized spacial score (nSPS) is 13.6. The summed E-state index contributed by atoms with van der Waals surface area (Å²) in [5.74, 6) is 0. The van der Waals surface area contributed by atoms with Crippen LogP contribution >= 0.6 is 11.3 Å². The molecule has 1 heterocycles. The number of hydrogen-bond donors (Lipinski definition) is 0. The Labute approximate surface area is 418 Å². The first kappa shape index (κ1) is 41.2. The molecule has 0 N–H and O–H groups in total. The maximum Gasteiger partial charge on any atom is 0.0720 e. The number of nitrogens with zero attached hydrogens (tertiary/aromatic N) is 2. The number of anilines is 6. The van der Waals surface area contributed by atoms with Crippen LogP contribution in [0.15, 0.2) is 279 Å². The summed E-state index contributed by atoms with van der Waals surface area (Å²) in [5, 5.41) is 2.58. The standard InChI is InChI=1S/C68H46N2S/c1-5-21-47(22-6-1)67(48-23-7-2-8-24-48)60-32-16-18-34-62(60)68(63-35-19-17-33-61(63)67)59-31-15-13-29-55(59)56-43-41-53(45-64(56)68)70(54-42-44-58-57-30-14-20-36-65(57)71-66(58)46-54)52-39-37-51(38-40-52)69(49-25-9-3-10-26-49)50-27-11-4-12-28-50/h1-46H. The zero-order chi connectivity index (χ0) is 46.9. The van der Waals surface area contributed by atoms with E-state index >= 15 is 0 Å². The molecule has 14 rings (SSSR count). The Bertz CT molecular complexity index is 3810. The Kier molecular flexibility index (Phi) is 9.55. The Morgan fingerprint density at radius 3 is 1.20 bits per heavy atom. The van der Waals surface area contributed by atoms with Gasteiger partial charge in [0.15, 0.2) is 0 Å². The summed E-state index contributed by atoms with van der Waals surface area (Å²) in [6, 6.07) is 104. The third kappa shape index (κ3) is 6.13. The van der Waals surface area contributed by atoms with Gasteiger partial charge in [-0.15, -0.1) is 11.3 Å². The van der Waals surface area contributed by atoms with Crippen molar-refractivity contribution >= 4 is 65.6 Å². The van der Waals surface area contributed by atoms with Gasteiger partial charge < -0.3 is 9.80 Å². The minimum Gasteiger partial charge on any atom is -0.311 e. The summed E-state index contributed by atoms with van der Waals surface area (Å²) in [7, 11) is 0. The van der Waals surface area contributed by atoms with Crippen molar-refractivity contribution in [3.63, 3.8) is 0 Å². The molecule has 0 saturated heterocycles. The average molecular weight is 923 g/mol. The van der Waals surface area contributed by atoms with E-state index in [0.717, 1.165) is 34.1 Å².